The Morgan fingerprint density at radius 2 is 1.41 bits per heavy atom. The van der Waals surface area contributed by atoms with Crippen molar-refractivity contribution in [2.75, 3.05) is 26.3 Å². The number of aromatic nitrogens is 2. The minimum atomic E-state index is -0.312. The molecule has 1 atom stereocenters. The number of esters is 1. The Bertz CT molecular complexity index is 1560. The molecule has 0 bridgehead atoms. The molecule has 246 valence electrons. The maximum Gasteiger partial charge on any atom is 0.409 e. The van der Waals surface area contributed by atoms with E-state index in [1.807, 2.05) is 65.2 Å². The average molecular weight is 647 g/mol. The number of ether oxygens (including phenoxy) is 2. The molecule has 1 saturated heterocycles. The highest BCUT2D eigenvalue weighted by atomic mass is 32.1. The SMILES string of the molecule is CCOC(=O)CCCn1c(=O)n(C2CCN(C(=O)OC[C@H](C)N(Cc3ccccc3)Cc3ccccc3)CC2)c2ccccc21.S. The molecule has 0 spiro atoms. The normalized spacial score (nSPS) is 14.2. The molecule has 46 heavy (non-hydrogen) atoms. The maximum atomic E-state index is 13.6. The van der Waals surface area contributed by atoms with Crippen molar-refractivity contribution in [2.24, 2.45) is 0 Å². The van der Waals surface area contributed by atoms with Gasteiger partial charge in [0.05, 0.1) is 17.6 Å². The first-order chi connectivity index (χ1) is 21.9. The Morgan fingerprint density at radius 1 is 0.848 bits per heavy atom. The van der Waals surface area contributed by atoms with Gasteiger partial charge in [-0.05, 0) is 56.4 Å². The van der Waals surface area contributed by atoms with E-state index in [9.17, 15) is 14.4 Å². The number of benzene rings is 3. The number of nitrogens with zero attached hydrogens (tertiary/aromatic N) is 4. The van der Waals surface area contributed by atoms with E-state index in [0.29, 0.717) is 45.5 Å². The van der Waals surface area contributed by atoms with Gasteiger partial charge < -0.3 is 14.4 Å². The quantitative estimate of drug-likeness (QED) is 0.163. The van der Waals surface area contributed by atoms with E-state index in [1.54, 1.807) is 16.4 Å². The van der Waals surface area contributed by atoms with Crippen LogP contribution in [-0.2, 0) is 33.9 Å². The third-order valence-electron chi connectivity index (χ3n) is 8.55. The molecule has 0 saturated carbocycles. The molecule has 2 heterocycles. The fourth-order valence-electron chi connectivity index (χ4n) is 6.11. The second-order valence-electron chi connectivity index (χ2n) is 11.7. The van der Waals surface area contributed by atoms with Gasteiger partial charge in [-0.15, -0.1) is 0 Å². The largest absolute Gasteiger partial charge is 0.466 e. The third-order valence-corrected chi connectivity index (χ3v) is 8.55. The van der Waals surface area contributed by atoms with Crippen LogP contribution in [0.25, 0.3) is 11.0 Å². The van der Waals surface area contributed by atoms with Gasteiger partial charge in [0.2, 0.25) is 0 Å². The van der Waals surface area contributed by atoms with Gasteiger partial charge in [0, 0.05) is 51.2 Å². The third kappa shape index (κ3) is 8.82. The molecule has 4 aromatic rings. The summed E-state index contributed by atoms with van der Waals surface area (Å²) in [7, 11) is 0. The summed E-state index contributed by atoms with van der Waals surface area (Å²) >= 11 is 0. The maximum absolute atomic E-state index is 13.6. The van der Waals surface area contributed by atoms with Crippen LogP contribution in [0.2, 0.25) is 0 Å². The van der Waals surface area contributed by atoms with Gasteiger partial charge in [-0.1, -0.05) is 72.8 Å². The Labute approximate surface area is 278 Å². The smallest absolute Gasteiger partial charge is 0.409 e. The lowest BCUT2D eigenvalue weighted by molar-refractivity contribution is -0.143. The van der Waals surface area contributed by atoms with Crippen LogP contribution in [0, 0.1) is 0 Å². The van der Waals surface area contributed by atoms with Gasteiger partial charge >= 0.3 is 17.8 Å². The van der Waals surface area contributed by atoms with Gasteiger partial charge in [0.15, 0.2) is 0 Å². The average Bonchev–Trinajstić information content (AvgIpc) is 3.35. The highest BCUT2D eigenvalue weighted by Crippen LogP contribution is 2.26. The molecule has 10 heteroatoms. The number of likely N-dealkylation sites (tertiary alicyclic amines) is 1. The number of para-hydroxylation sites is 2. The molecule has 1 fully saturated rings. The Balaban J connectivity index is 0.00000480. The predicted octanol–water partition coefficient (Wildman–Crippen LogP) is 6.12. The highest BCUT2D eigenvalue weighted by Gasteiger charge is 2.28. The van der Waals surface area contributed by atoms with Gasteiger partial charge in [-0.25, -0.2) is 9.59 Å². The molecule has 1 aliphatic heterocycles. The summed E-state index contributed by atoms with van der Waals surface area (Å²) < 4.78 is 14.5. The Kier molecular flexibility index (Phi) is 12.9. The lowest BCUT2D eigenvalue weighted by Gasteiger charge is -2.33. The molecular formula is C36H46N4O5S. The van der Waals surface area contributed by atoms with Crippen molar-refractivity contribution in [1.82, 2.24) is 18.9 Å². The summed E-state index contributed by atoms with van der Waals surface area (Å²) in [4.78, 5) is 42.7. The van der Waals surface area contributed by atoms with Crippen LogP contribution in [-0.4, -0.2) is 63.3 Å². The number of imidazole rings is 1. The number of fused-ring (bicyclic) bond motifs is 1. The Hall–Kier alpha value is -4.02. The Morgan fingerprint density at radius 3 is 2.00 bits per heavy atom. The fourth-order valence-corrected chi connectivity index (χ4v) is 6.11. The fraction of sp³-hybridized carbons (Fsp3) is 0.417. The van der Waals surface area contributed by atoms with E-state index in [4.69, 9.17) is 9.47 Å². The molecule has 0 radical (unpaired) electrons. The van der Waals surface area contributed by atoms with Gasteiger partial charge in [0.1, 0.15) is 6.61 Å². The molecule has 0 unspecified atom stereocenters. The summed E-state index contributed by atoms with van der Waals surface area (Å²) in [5, 5.41) is 0. The highest BCUT2D eigenvalue weighted by molar-refractivity contribution is 7.59. The van der Waals surface area contributed by atoms with E-state index < -0.39 is 0 Å². The van der Waals surface area contributed by atoms with Crippen molar-refractivity contribution in [3.05, 3.63) is 107 Å². The molecular weight excluding hydrogens is 600 g/mol. The van der Waals surface area contributed by atoms with Crippen molar-refractivity contribution >= 4 is 36.6 Å². The van der Waals surface area contributed by atoms with Gasteiger partial charge in [-0.2, -0.15) is 13.5 Å². The zero-order valence-corrected chi connectivity index (χ0v) is 27.8. The summed E-state index contributed by atoms with van der Waals surface area (Å²) in [6.07, 6.45) is 1.82. The van der Waals surface area contributed by atoms with Crippen molar-refractivity contribution < 1.29 is 19.1 Å². The molecule has 0 aliphatic carbocycles. The predicted molar refractivity (Wildman–Crippen MR) is 185 cm³/mol. The van der Waals surface area contributed by atoms with Crippen LogP contribution in [0.5, 0.6) is 0 Å². The van der Waals surface area contributed by atoms with Crippen LogP contribution in [0.4, 0.5) is 4.79 Å². The second-order valence-corrected chi connectivity index (χ2v) is 11.7. The number of amides is 1. The molecule has 1 amide bonds. The summed E-state index contributed by atoms with van der Waals surface area (Å²) in [6.45, 7) is 7.52. The number of carbonyl (C=O) groups is 2. The number of aryl methyl sites for hydroxylation is 1. The number of hydrogen-bond donors (Lipinski definition) is 0. The minimum absolute atomic E-state index is 0. The molecule has 1 aromatic heterocycles. The van der Waals surface area contributed by atoms with Crippen molar-refractivity contribution in [1.29, 1.82) is 0 Å². The minimum Gasteiger partial charge on any atom is -0.466 e. The standard InChI is InChI=1S/C36H44N4O5.H2S/c1-3-44-34(41)19-12-22-39-32-17-10-11-18-33(32)40(35(39)42)31-20-23-37(24-21-31)36(43)45-27-28(2)38(25-29-13-6-4-7-14-29)26-30-15-8-5-9-16-30;/h4-11,13-18,28,31H,3,12,19-27H2,1-2H3;1H2/t28-;/m0./s1. The van der Waals surface area contributed by atoms with E-state index >= 15 is 0 Å². The second kappa shape index (κ2) is 17.1. The van der Waals surface area contributed by atoms with Crippen LogP contribution >= 0.6 is 13.5 Å². The van der Waals surface area contributed by atoms with Crippen LogP contribution in [0.3, 0.4) is 0 Å². The molecule has 1 aliphatic rings. The summed E-state index contributed by atoms with van der Waals surface area (Å²) in [6, 6.07) is 28.5. The number of hydrogen-bond acceptors (Lipinski definition) is 6. The van der Waals surface area contributed by atoms with E-state index in [-0.39, 0.29) is 56.4 Å². The van der Waals surface area contributed by atoms with E-state index in [2.05, 4.69) is 36.1 Å². The van der Waals surface area contributed by atoms with E-state index in [1.165, 1.54) is 11.1 Å². The zero-order chi connectivity index (χ0) is 31.6. The first kappa shape index (κ1) is 34.8. The lowest BCUT2D eigenvalue weighted by atomic mass is 10.0. The van der Waals surface area contributed by atoms with Crippen LogP contribution < -0.4 is 5.69 Å². The number of carbonyl (C=O) groups excluding carboxylic acids is 2. The molecule has 0 N–H and O–H groups in total. The topological polar surface area (TPSA) is 86.0 Å². The number of piperidine rings is 1. The molecule has 5 rings (SSSR count). The van der Waals surface area contributed by atoms with Gasteiger partial charge in [-0.3, -0.25) is 18.8 Å². The summed E-state index contributed by atoms with van der Waals surface area (Å²) in [5.74, 6) is -0.247. The monoisotopic (exact) mass is 646 g/mol. The molecule has 9 nitrogen and oxygen atoms in total. The van der Waals surface area contributed by atoms with Crippen molar-refractivity contribution in [3.63, 3.8) is 0 Å². The van der Waals surface area contributed by atoms with Crippen molar-refractivity contribution in [2.45, 2.75) is 71.2 Å². The first-order valence-electron chi connectivity index (χ1n) is 16.0. The van der Waals surface area contributed by atoms with E-state index in [0.717, 1.165) is 24.1 Å². The zero-order valence-electron chi connectivity index (χ0n) is 26.8. The summed E-state index contributed by atoms with van der Waals surface area (Å²) in [5.41, 5.74) is 4.09. The van der Waals surface area contributed by atoms with Crippen LogP contribution in [0.1, 0.15) is 56.7 Å². The molecule has 3 aromatic carbocycles. The number of rotatable bonds is 13. The van der Waals surface area contributed by atoms with Gasteiger partial charge in [0.25, 0.3) is 0 Å². The first-order valence-corrected chi connectivity index (χ1v) is 16.0. The van der Waals surface area contributed by atoms with Crippen molar-refractivity contribution in [3.8, 4) is 0 Å². The van der Waals surface area contributed by atoms with Crippen LogP contribution in [0.15, 0.2) is 89.7 Å². The lowest BCUT2D eigenvalue weighted by Crippen LogP contribution is -2.43.